The van der Waals surface area contributed by atoms with E-state index in [1.54, 1.807) is 0 Å². The minimum absolute atomic E-state index is 0.278. The Morgan fingerprint density at radius 1 is 1.10 bits per heavy atom. The SMILES string of the molecule is O=C(NCC=Cc1ccc(S)cc1)OCc1ccccc1. The number of thiol groups is 1. The summed E-state index contributed by atoms with van der Waals surface area (Å²) in [6.07, 6.45) is 3.39. The number of alkyl carbamates (subject to hydrolysis) is 1. The van der Waals surface area contributed by atoms with Crippen molar-refractivity contribution in [1.29, 1.82) is 0 Å². The first-order valence-electron chi connectivity index (χ1n) is 6.64. The number of carbonyl (C=O) groups excluding carboxylic acids is 1. The molecule has 0 aliphatic carbocycles. The van der Waals surface area contributed by atoms with Crippen molar-refractivity contribution >= 4 is 24.8 Å². The van der Waals surface area contributed by atoms with E-state index >= 15 is 0 Å². The second kappa shape index (κ2) is 8.17. The Bertz CT molecular complexity index is 594. The van der Waals surface area contributed by atoms with Crippen LogP contribution in [0, 0.1) is 0 Å². The van der Waals surface area contributed by atoms with Crippen molar-refractivity contribution in [3.63, 3.8) is 0 Å². The Labute approximate surface area is 130 Å². The molecule has 0 spiro atoms. The van der Waals surface area contributed by atoms with Crippen LogP contribution in [-0.4, -0.2) is 12.6 Å². The molecule has 0 fully saturated rings. The highest BCUT2D eigenvalue weighted by Gasteiger charge is 1.99. The van der Waals surface area contributed by atoms with Gasteiger partial charge < -0.3 is 10.1 Å². The lowest BCUT2D eigenvalue weighted by Crippen LogP contribution is -2.24. The molecule has 0 saturated heterocycles. The maximum absolute atomic E-state index is 11.5. The minimum atomic E-state index is -0.422. The second-order valence-electron chi connectivity index (χ2n) is 4.44. The van der Waals surface area contributed by atoms with Gasteiger partial charge in [-0.1, -0.05) is 54.6 Å². The molecule has 0 heterocycles. The van der Waals surface area contributed by atoms with Gasteiger partial charge in [-0.25, -0.2) is 4.79 Å². The highest BCUT2D eigenvalue weighted by atomic mass is 32.1. The Morgan fingerprint density at radius 2 is 1.81 bits per heavy atom. The summed E-state index contributed by atoms with van der Waals surface area (Å²) in [5.74, 6) is 0. The lowest BCUT2D eigenvalue weighted by Gasteiger charge is -2.05. The number of hydrogen-bond acceptors (Lipinski definition) is 3. The van der Waals surface area contributed by atoms with Gasteiger partial charge in [-0.05, 0) is 23.3 Å². The molecule has 0 aliphatic rings. The molecule has 0 bridgehead atoms. The van der Waals surface area contributed by atoms with Gasteiger partial charge in [0.2, 0.25) is 0 Å². The summed E-state index contributed by atoms with van der Waals surface area (Å²) >= 11 is 4.22. The average Bonchev–Trinajstić information content (AvgIpc) is 2.52. The van der Waals surface area contributed by atoms with Gasteiger partial charge in [0.1, 0.15) is 6.61 Å². The van der Waals surface area contributed by atoms with E-state index in [1.807, 2.05) is 66.7 Å². The van der Waals surface area contributed by atoms with Gasteiger partial charge in [0, 0.05) is 11.4 Å². The van der Waals surface area contributed by atoms with Crippen molar-refractivity contribution in [3.8, 4) is 0 Å². The molecule has 4 heteroatoms. The lowest BCUT2D eigenvalue weighted by molar-refractivity contribution is 0.141. The second-order valence-corrected chi connectivity index (χ2v) is 4.95. The summed E-state index contributed by atoms with van der Waals surface area (Å²) in [4.78, 5) is 12.4. The van der Waals surface area contributed by atoms with E-state index < -0.39 is 6.09 Å². The molecular formula is C17H17NO2S. The van der Waals surface area contributed by atoms with E-state index in [0.717, 1.165) is 16.0 Å². The molecule has 0 atom stereocenters. The first-order valence-corrected chi connectivity index (χ1v) is 7.09. The van der Waals surface area contributed by atoms with Gasteiger partial charge in [0.15, 0.2) is 0 Å². The van der Waals surface area contributed by atoms with Crippen LogP contribution in [0.15, 0.2) is 65.6 Å². The highest BCUT2D eigenvalue weighted by Crippen LogP contribution is 2.08. The molecule has 2 aromatic carbocycles. The van der Waals surface area contributed by atoms with E-state index in [4.69, 9.17) is 4.74 Å². The summed E-state index contributed by atoms with van der Waals surface area (Å²) in [5, 5.41) is 2.67. The molecular weight excluding hydrogens is 282 g/mol. The molecule has 0 radical (unpaired) electrons. The first-order chi connectivity index (χ1) is 10.2. The van der Waals surface area contributed by atoms with E-state index in [1.165, 1.54) is 0 Å². The zero-order chi connectivity index (χ0) is 14.9. The molecule has 0 aromatic heterocycles. The van der Waals surface area contributed by atoms with Crippen LogP contribution in [0.4, 0.5) is 4.79 Å². The number of amides is 1. The van der Waals surface area contributed by atoms with Crippen molar-refractivity contribution in [2.24, 2.45) is 0 Å². The normalized spacial score (nSPS) is 10.5. The Kier molecular flexibility index (Phi) is 5.91. The van der Waals surface area contributed by atoms with Gasteiger partial charge in [0.05, 0.1) is 0 Å². The number of ether oxygens (including phenoxy) is 1. The van der Waals surface area contributed by atoms with Crippen molar-refractivity contribution in [3.05, 3.63) is 71.8 Å². The topological polar surface area (TPSA) is 38.3 Å². The standard InChI is InChI=1S/C17H17NO2S/c19-17(20-13-15-5-2-1-3-6-15)18-12-4-7-14-8-10-16(21)11-9-14/h1-11,21H,12-13H2,(H,18,19). The summed E-state index contributed by atoms with van der Waals surface area (Å²) in [6.45, 7) is 0.704. The summed E-state index contributed by atoms with van der Waals surface area (Å²) in [5.41, 5.74) is 2.03. The summed E-state index contributed by atoms with van der Waals surface area (Å²) < 4.78 is 5.10. The molecule has 1 N–H and O–H groups in total. The fourth-order valence-electron chi connectivity index (χ4n) is 1.70. The molecule has 1 amide bonds. The van der Waals surface area contributed by atoms with Crippen LogP contribution in [0.2, 0.25) is 0 Å². The van der Waals surface area contributed by atoms with Crippen LogP contribution < -0.4 is 5.32 Å². The van der Waals surface area contributed by atoms with Gasteiger partial charge in [-0.15, -0.1) is 12.6 Å². The largest absolute Gasteiger partial charge is 0.445 e. The minimum Gasteiger partial charge on any atom is -0.445 e. The maximum atomic E-state index is 11.5. The summed E-state index contributed by atoms with van der Waals surface area (Å²) in [7, 11) is 0. The number of nitrogens with one attached hydrogen (secondary N) is 1. The third-order valence-corrected chi connectivity index (χ3v) is 3.08. The van der Waals surface area contributed by atoms with Crippen LogP contribution in [0.1, 0.15) is 11.1 Å². The van der Waals surface area contributed by atoms with Gasteiger partial charge in [-0.2, -0.15) is 0 Å². The number of rotatable bonds is 5. The zero-order valence-electron chi connectivity index (χ0n) is 11.5. The lowest BCUT2D eigenvalue weighted by atomic mass is 10.2. The Balaban J connectivity index is 1.68. The van der Waals surface area contributed by atoms with Crippen LogP contribution in [-0.2, 0) is 11.3 Å². The van der Waals surface area contributed by atoms with Gasteiger partial charge in [-0.3, -0.25) is 0 Å². The number of hydrogen-bond donors (Lipinski definition) is 2. The van der Waals surface area contributed by atoms with Crippen LogP contribution in [0.3, 0.4) is 0 Å². The highest BCUT2D eigenvalue weighted by molar-refractivity contribution is 7.80. The summed E-state index contributed by atoms with van der Waals surface area (Å²) in [6, 6.07) is 17.4. The van der Waals surface area contributed by atoms with Gasteiger partial charge >= 0.3 is 6.09 Å². The Morgan fingerprint density at radius 3 is 2.52 bits per heavy atom. The Hall–Kier alpha value is -2.20. The number of benzene rings is 2. The molecule has 3 nitrogen and oxygen atoms in total. The van der Waals surface area contributed by atoms with Crippen molar-refractivity contribution in [1.82, 2.24) is 5.32 Å². The molecule has 0 saturated carbocycles. The van der Waals surface area contributed by atoms with Crippen molar-refractivity contribution < 1.29 is 9.53 Å². The predicted molar refractivity (Wildman–Crippen MR) is 87.4 cm³/mol. The molecule has 2 rings (SSSR count). The van der Waals surface area contributed by atoms with Crippen molar-refractivity contribution in [2.45, 2.75) is 11.5 Å². The maximum Gasteiger partial charge on any atom is 0.407 e. The van der Waals surface area contributed by atoms with Crippen molar-refractivity contribution in [2.75, 3.05) is 6.54 Å². The molecule has 21 heavy (non-hydrogen) atoms. The average molecular weight is 299 g/mol. The fraction of sp³-hybridized carbons (Fsp3) is 0.118. The monoisotopic (exact) mass is 299 g/mol. The van der Waals surface area contributed by atoms with Crippen LogP contribution in [0.5, 0.6) is 0 Å². The van der Waals surface area contributed by atoms with E-state index in [2.05, 4.69) is 17.9 Å². The molecule has 0 unspecified atom stereocenters. The van der Waals surface area contributed by atoms with E-state index in [-0.39, 0.29) is 6.61 Å². The van der Waals surface area contributed by atoms with E-state index in [0.29, 0.717) is 6.54 Å². The third-order valence-electron chi connectivity index (χ3n) is 2.78. The van der Waals surface area contributed by atoms with Crippen LogP contribution in [0.25, 0.3) is 6.08 Å². The first kappa shape index (κ1) is 15.2. The zero-order valence-corrected chi connectivity index (χ0v) is 12.4. The van der Waals surface area contributed by atoms with E-state index in [9.17, 15) is 4.79 Å². The fourth-order valence-corrected chi connectivity index (χ4v) is 1.85. The molecule has 0 aliphatic heterocycles. The quantitative estimate of drug-likeness (QED) is 0.821. The smallest absolute Gasteiger partial charge is 0.407 e. The third kappa shape index (κ3) is 5.75. The molecule has 2 aromatic rings. The van der Waals surface area contributed by atoms with Gasteiger partial charge in [0.25, 0.3) is 0 Å². The predicted octanol–water partition coefficient (Wildman–Crippen LogP) is 3.91. The van der Waals surface area contributed by atoms with Crippen LogP contribution >= 0.6 is 12.6 Å². The molecule has 108 valence electrons. The number of carbonyl (C=O) groups is 1.